The fourth-order valence-electron chi connectivity index (χ4n) is 6.75. The lowest BCUT2D eigenvalue weighted by atomic mass is 10.0. The van der Waals surface area contributed by atoms with E-state index in [2.05, 4.69) is 79.9 Å². The van der Waals surface area contributed by atoms with E-state index in [0.717, 1.165) is 77.0 Å². The number of nitrogens with one attached hydrogen (secondary N) is 1. The summed E-state index contributed by atoms with van der Waals surface area (Å²) in [6.45, 7) is 4.50. The Kier molecular flexibility index (Phi) is 41.7. The van der Waals surface area contributed by atoms with Crippen molar-refractivity contribution in [3.05, 3.63) is 72.9 Å². The minimum absolute atomic E-state index is 0.0113. The highest BCUT2D eigenvalue weighted by Gasteiger charge is 2.23. The molecule has 2 N–H and O–H groups in total. The Hall–Kier alpha value is -2.06. The van der Waals surface area contributed by atoms with Crippen LogP contribution in [-0.4, -0.2) is 68.5 Å². The van der Waals surface area contributed by atoms with E-state index >= 15 is 0 Å². The lowest BCUT2D eigenvalue weighted by Gasteiger charge is -2.29. The summed E-state index contributed by atoms with van der Waals surface area (Å²) in [5.41, 5.74) is 0. The molecule has 0 saturated carbocycles. The van der Waals surface area contributed by atoms with E-state index in [1.165, 1.54) is 103 Å². The Morgan fingerprint density at radius 1 is 0.590 bits per heavy atom. The third kappa shape index (κ3) is 45.8. The molecule has 0 aliphatic heterocycles. The number of hydrogen-bond donors (Lipinski definition) is 2. The van der Waals surface area contributed by atoms with Crippen LogP contribution in [0.2, 0.25) is 0 Å². The van der Waals surface area contributed by atoms with Gasteiger partial charge in [-0.1, -0.05) is 196 Å². The van der Waals surface area contributed by atoms with Crippen LogP contribution in [0, 0.1) is 0 Å². The first kappa shape index (κ1) is 58.9. The first-order valence-corrected chi connectivity index (χ1v) is 26.3. The molecule has 0 aliphatic carbocycles. The number of allylic oxidation sites excluding steroid dienone is 11. The van der Waals surface area contributed by atoms with Crippen LogP contribution in [0.4, 0.5) is 0 Å². The molecule has 9 heteroatoms. The highest BCUT2D eigenvalue weighted by atomic mass is 31.2. The molecule has 0 radical (unpaired) electrons. The van der Waals surface area contributed by atoms with Gasteiger partial charge in [0.05, 0.1) is 39.9 Å². The van der Waals surface area contributed by atoms with Gasteiger partial charge in [0.1, 0.15) is 13.2 Å². The number of quaternary nitrogens is 1. The van der Waals surface area contributed by atoms with Crippen LogP contribution in [0.3, 0.4) is 0 Å². The molecular weight excluding hydrogens is 780 g/mol. The Balaban J connectivity index is 4.41. The molecule has 0 rings (SSSR count). The Morgan fingerprint density at radius 2 is 1.02 bits per heavy atom. The normalized spacial score (nSPS) is 14.8. The van der Waals surface area contributed by atoms with E-state index in [1.54, 1.807) is 6.08 Å². The van der Waals surface area contributed by atoms with Gasteiger partial charge in [-0.3, -0.25) is 9.36 Å². The number of aliphatic hydroxyl groups is 1. The zero-order valence-electron chi connectivity index (χ0n) is 40.1. The zero-order valence-corrected chi connectivity index (χ0v) is 41.0. The maximum atomic E-state index is 12.9. The predicted molar refractivity (Wildman–Crippen MR) is 260 cm³/mol. The number of hydrogen-bond acceptors (Lipinski definition) is 6. The lowest BCUT2D eigenvalue weighted by molar-refractivity contribution is -0.870. The summed E-state index contributed by atoms with van der Waals surface area (Å²) in [4.78, 5) is 25.4. The summed E-state index contributed by atoms with van der Waals surface area (Å²) >= 11 is 0. The molecule has 0 aliphatic rings. The molecule has 0 heterocycles. The van der Waals surface area contributed by atoms with Gasteiger partial charge in [0, 0.05) is 6.42 Å². The van der Waals surface area contributed by atoms with Gasteiger partial charge in [0.2, 0.25) is 5.91 Å². The van der Waals surface area contributed by atoms with Crippen molar-refractivity contribution in [2.45, 2.75) is 212 Å². The smallest absolute Gasteiger partial charge is 0.268 e. The van der Waals surface area contributed by atoms with Gasteiger partial charge in [0.25, 0.3) is 7.82 Å². The van der Waals surface area contributed by atoms with E-state index in [-0.39, 0.29) is 12.5 Å². The van der Waals surface area contributed by atoms with Crippen molar-refractivity contribution >= 4 is 13.7 Å². The molecule has 0 bridgehead atoms. The quantitative estimate of drug-likeness (QED) is 0.0273. The van der Waals surface area contributed by atoms with Crippen molar-refractivity contribution in [3.63, 3.8) is 0 Å². The van der Waals surface area contributed by atoms with E-state index in [9.17, 15) is 19.4 Å². The molecule has 0 aromatic heterocycles. The zero-order chi connectivity index (χ0) is 45.0. The first-order valence-electron chi connectivity index (χ1n) is 24.8. The van der Waals surface area contributed by atoms with Crippen molar-refractivity contribution in [1.29, 1.82) is 0 Å². The van der Waals surface area contributed by atoms with Crippen molar-refractivity contribution in [1.82, 2.24) is 5.32 Å². The molecular formula is C52H95N2O6P. The van der Waals surface area contributed by atoms with E-state index in [0.29, 0.717) is 17.4 Å². The van der Waals surface area contributed by atoms with Crippen LogP contribution in [-0.2, 0) is 18.4 Å². The van der Waals surface area contributed by atoms with Gasteiger partial charge in [0.15, 0.2) is 0 Å². The van der Waals surface area contributed by atoms with Crippen molar-refractivity contribution in [3.8, 4) is 0 Å². The summed E-state index contributed by atoms with van der Waals surface area (Å²) in [7, 11) is 1.23. The molecule has 1 amide bonds. The van der Waals surface area contributed by atoms with E-state index in [1.807, 2.05) is 27.2 Å². The summed E-state index contributed by atoms with van der Waals surface area (Å²) in [5, 5.41) is 13.8. The van der Waals surface area contributed by atoms with E-state index in [4.69, 9.17) is 9.05 Å². The second-order valence-electron chi connectivity index (χ2n) is 17.8. The van der Waals surface area contributed by atoms with Crippen LogP contribution in [0.1, 0.15) is 200 Å². The number of amides is 1. The van der Waals surface area contributed by atoms with Crippen molar-refractivity contribution < 1.29 is 32.9 Å². The lowest BCUT2D eigenvalue weighted by Crippen LogP contribution is -2.45. The standard InChI is InChI=1S/C52H95N2O6P/c1-6-8-10-12-14-16-18-20-22-24-26-27-28-30-32-34-36-38-40-42-44-46-52(56)53-50(49-60-61(57,58)59-48-47-54(3,4)5)51(55)45-43-41-39-37-35-33-31-29-25-23-21-19-17-15-13-11-9-7-2/h8,10,14,16,20,22,26-27,35,37,43,45,50-51,55H,6-7,9,11-13,15,17-19,21,23-25,28-34,36,38-42,44,46-49H2,1-5H3,(H-,53,56,57,58)/b10-8-,16-14-,22-20-,27-26-,37-35+,45-43+. The number of phosphoric ester groups is 1. The summed E-state index contributed by atoms with van der Waals surface area (Å²) in [6.07, 6.45) is 58.1. The summed E-state index contributed by atoms with van der Waals surface area (Å²) in [6, 6.07) is -0.911. The monoisotopic (exact) mass is 875 g/mol. The van der Waals surface area contributed by atoms with Gasteiger partial charge in [-0.25, -0.2) is 0 Å². The molecule has 3 unspecified atom stereocenters. The van der Waals surface area contributed by atoms with Gasteiger partial charge in [-0.15, -0.1) is 0 Å². The van der Waals surface area contributed by atoms with Crippen LogP contribution in [0.25, 0.3) is 0 Å². The third-order valence-corrected chi connectivity index (χ3v) is 11.6. The van der Waals surface area contributed by atoms with Crippen LogP contribution >= 0.6 is 7.82 Å². The van der Waals surface area contributed by atoms with Crippen LogP contribution in [0.15, 0.2) is 72.9 Å². The predicted octanol–water partition coefficient (Wildman–Crippen LogP) is 13.7. The topological polar surface area (TPSA) is 108 Å². The number of aliphatic hydroxyl groups excluding tert-OH is 1. The minimum Gasteiger partial charge on any atom is -0.756 e. The maximum absolute atomic E-state index is 12.9. The van der Waals surface area contributed by atoms with E-state index < -0.39 is 26.6 Å². The highest BCUT2D eigenvalue weighted by Crippen LogP contribution is 2.38. The first-order chi connectivity index (χ1) is 29.5. The largest absolute Gasteiger partial charge is 0.756 e. The minimum atomic E-state index is -4.61. The SMILES string of the molecule is CC/C=C\C/C=C\C/C=C\C/C=C\CCCCCCCCCCC(=O)NC(COP(=O)([O-])OCC[N+](C)(C)C)C(O)/C=C/CC/C=C/CCCCCCCCCCCCCC. The van der Waals surface area contributed by atoms with Gasteiger partial charge >= 0.3 is 0 Å². The molecule has 3 atom stereocenters. The Morgan fingerprint density at radius 3 is 1.52 bits per heavy atom. The Labute approximate surface area is 376 Å². The van der Waals surface area contributed by atoms with Crippen LogP contribution < -0.4 is 10.2 Å². The van der Waals surface area contributed by atoms with Gasteiger partial charge < -0.3 is 28.8 Å². The summed E-state index contributed by atoms with van der Waals surface area (Å²) in [5.74, 6) is -0.218. The highest BCUT2D eigenvalue weighted by molar-refractivity contribution is 7.45. The number of nitrogens with zero attached hydrogens (tertiary/aromatic N) is 1. The molecule has 0 aromatic rings. The molecule has 354 valence electrons. The average molecular weight is 875 g/mol. The number of carbonyl (C=O) groups is 1. The number of carbonyl (C=O) groups excluding carboxylic acids is 1. The molecule has 0 fully saturated rings. The molecule has 0 spiro atoms. The fourth-order valence-corrected chi connectivity index (χ4v) is 7.47. The second kappa shape index (κ2) is 43.2. The molecule has 0 aromatic carbocycles. The number of unbranched alkanes of at least 4 members (excludes halogenated alkanes) is 21. The summed E-state index contributed by atoms with van der Waals surface area (Å²) < 4.78 is 23.2. The second-order valence-corrected chi connectivity index (χ2v) is 19.2. The number of rotatable bonds is 44. The van der Waals surface area contributed by atoms with Crippen LogP contribution in [0.5, 0.6) is 0 Å². The van der Waals surface area contributed by atoms with Gasteiger partial charge in [-0.05, 0) is 70.6 Å². The maximum Gasteiger partial charge on any atom is 0.268 e. The molecule has 0 saturated heterocycles. The molecule has 8 nitrogen and oxygen atoms in total. The number of likely N-dealkylation sites (N-methyl/N-ethyl adjacent to an activating group) is 1. The average Bonchev–Trinajstić information content (AvgIpc) is 3.21. The molecule has 61 heavy (non-hydrogen) atoms. The van der Waals surface area contributed by atoms with Crippen molar-refractivity contribution in [2.24, 2.45) is 0 Å². The Bertz CT molecular complexity index is 1220. The third-order valence-electron chi connectivity index (χ3n) is 10.7. The van der Waals surface area contributed by atoms with Gasteiger partial charge in [-0.2, -0.15) is 0 Å². The fraction of sp³-hybridized carbons (Fsp3) is 0.750. The number of phosphoric acid groups is 1. The van der Waals surface area contributed by atoms with Crippen molar-refractivity contribution in [2.75, 3.05) is 40.9 Å².